The molecule has 2 aromatic carbocycles. The molecule has 4 rings (SSSR count). The van der Waals surface area contributed by atoms with E-state index < -0.39 is 0 Å². The first-order valence-corrected chi connectivity index (χ1v) is 11.2. The van der Waals surface area contributed by atoms with Crippen molar-refractivity contribution in [3.8, 4) is 0 Å². The van der Waals surface area contributed by atoms with Crippen molar-refractivity contribution in [2.75, 3.05) is 31.5 Å². The maximum absolute atomic E-state index is 13.2. The molecule has 1 aliphatic carbocycles. The highest BCUT2D eigenvalue weighted by Gasteiger charge is 2.37. The molecule has 7 heteroatoms. The first kappa shape index (κ1) is 21.8. The summed E-state index contributed by atoms with van der Waals surface area (Å²) < 4.78 is 13.2. The molecule has 1 N–H and O–H groups in total. The van der Waals surface area contributed by atoms with E-state index >= 15 is 0 Å². The van der Waals surface area contributed by atoms with Crippen LogP contribution in [0.1, 0.15) is 36.0 Å². The molecule has 1 saturated heterocycles. The number of piperazine rings is 1. The summed E-state index contributed by atoms with van der Waals surface area (Å²) in [5.41, 5.74) is 1.11. The highest BCUT2D eigenvalue weighted by atomic mass is 35.5. The van der Waals surface area contributed by atoms with E-state index in [1.165, 1.54) is 12.1 Å². The molecule has 2 amide bonds. The van der Waals surface area contributed by atoms with E-state index in [1.54, 1.807) is 29.2 Å². The number of halogens is 2. The molecule has 0 radical (unpaired) electrons. The fourth-order valence-electron chi connectivity index (χ4n) is 4.71. The van der Waals surface area contributed by atoms with Gasteiger partial charge in [-0.15, -0.1) is 0 Å². The number of nitrogens with zero attached hydrogens (tertiary/aromatic N) is 2. The monoisotopic (exact) mass is 443 g/mol. The summed E-state index contributed by atoms with van der Waals surface area (Å²) in [6, 6.07) is 12.7. The zero-order chi connectivity index (χ0) is 21.8. The van der Waals surface area contributed by atoms with E-state index in [2.05, 4.69) is 10.2 Å². The SMILES string of the molecule is O=C(Nc1ccc(F)cc1)C(C1CCCC1)N1CCN(C(=O)c2ccccc2Cl)CC1. The molecular formula is C24H27ClFN3O2. The van der Waals surface area contributed by atoms with Crippen LogP contribution in [-0.2, 0) is 4.79 Å². The van der Waals surface area contributed by atoms with Crippen LogP contribution in [0, 0.1) is 11.7 Å². The number of rotatable bonds is 5. The lowest BCUT2D eigenvalue weighted by Gasteiger charge is -2.40. The van der Waals surface area contributed by atoms with Gasteiger partial charge in [-0.3, -0.25) is 14.5 Å². The molecule has 2 aromatic rings. The lowest BCUT2D eigenvalue weighted by molar-refractivity contribution is -0.123. The summed E-state index contributed by atoms with van der Waals surface area (Å²) >= 11 is 6.20. The van der Waals surface area contributed by atoms with E-state index in [1.807, 2.05) is 12.1 Å². The highest BCUT2D eigenvalue weighted by Crippen LogP contribution is 2.32. The van der Waals surface area contributed by atoms with Crippen molar-refractivity contribution in [2.45, 2.75) is 31.7 Å². The van der Waals surface area contributed by atoms with Crippen LogP contribution in [0.3, 0.4) is 0 Å². The number of amides is 2. The Morgan fingerprint density at radius 3 is 2.26 bits per heavy atom. The van der Waals surface area contributed by atoms with Crippen molar-refractivity contribution in [3.63, 3.8) is 0 Å². The number of nitrogens with one attached hydrogen (secondary N) is 1. The van der Waals surface area contributed by atoms with E-state index in [4.69, 9.17) is 11.6 Å². The molecule has 2 fully saturated rings. The van der Waals surface area contributed by atoms with Gasteiger partial charge in [0.15, 0.2) is 0 Å². The molecule has 1 atom stereocenters. The van der Waals surface area contributed by atoms with Gasteiger partial charge in [-0.2, -0.15) is 0 Å². The van der Waals surface area contributed by atoms with Gasteiger partial charge in [-0.1, -0.05) is 36.6 Å². The second-order valence-electron chi connectivity index (χ2n) is 8.29. The molecule has 31 heavy (non-hydrogen) atoms. The summed E-state index contributed by atoms with van der Waals surface area (Å²) in [7, 11) is 0. The fraction of sp³-hybridized carbons (Fsp3) is 0.417. The molecule has 0 bridgehead atoms. The third-order valence-corrected chi connectivity index (χ3v) is 6.66. The van der Waals surface area contributed by atoms with Crippen molar-refractivity contribution < 1.29 is 14.0 Å². The van der Waals surface area contributed by atoms with Crippen molar-refractivity contribution in [2.24, 2.45) is 5.92 Å². The van der Waals surface area contributed by atoms with Crippen molar-refractivity contribution in [1.82, 2.24) is 9.80 Å². The molecule has 0 aromatic heterocycles. The quantitative estimate of drug-likeness (QED) is 0.743. The number of anilines is 1. The summed E-state index contributed by atoms with van der Waals surface area (Å²) in [4.78, 5) is 30.1. The normalized spacial score (nSPS) is 18.7. The Morgan fingerprint density at radius 2 is 1.61 bits per heavy atom. The molecule has 2 aliphatic rings. The molecule has 1 saturated carbocycles. The van der Waals surface area contributed by atoms with E-state index in [0.29, 0.717) is 48.4 Å². The van der Waals surface area contributed by atoms with Crippen molar-refractivity contribution in [1.29, 1.82) is 0 Å². The van der Waals surface area contributed by atoms with E-state index in [-0.39, 0.29) is 23.7 Å². The van der Waals surface area contributed by atoms with Crippen LogP contribution >= 0.6 is 11.6 Å². The molecule has 1 aliphatic heterocycles. The standard InChI is InChI=1S/C24H27ClFN3O2/c25-21-8-4-3-7-20(21)24(31)29-15-13-28(14-16-29)22(17-5-1-2-6-17)23(30)27-19-11-9-18(26)10-12-19/h3-4,7-12,17,22H,1-2,5-6,13-16H2,(H,27,30). The number of hydrogen-bond acceptors (Lipinski definition) is 3. The van der Waals surface area contributed by atoms with Crippen LogP contribution in [0.4, 0.5) is 10.1 Å². The Hall–Kier alpha value is -2.44. The Morgan fingerprint density at radius 1 is 0.968 bits per heavy atom. The summed E-state index contributed by atoms with van der Waals surface area (Å²) in [6.07, 6.45) is 4.33. The minimum absolute atomic E-state index is 0.0515. The topological polar surface area (TPSA) is 52.7 Å². The smallest absolute Gasteiger partial charge is 0.255 e. The van der Waals surface area contributed by atoms with E-state index in [9.17, 15) is 14.0 Å². The van der Waals surface area contributed by atoms with Gasteiger partial charge in [0.05, 0.1) is 16.6 Å². The van der Waals surface area contributed by atoms with Crippen molar-refractivity contribution >= 4 is 29.1 Å². The first-order chi connectivity index (χ1) is 15.0. The van der Waals surface area contributed by atoms with E-state index in [0.717, 1.165) is 25.7 Å². The lowest BCUT2D eigenvalue weighted by atomic mass is 9.94. The van der Waals surface area contributed by atoms with Gasteiger partial charge in [0, 0.05) is 31.9 Å². The number of benzene rings is 2. The predicted octanol–water partition coefficient (Wildman–Crippen LogP) is 4.43. The molecule has 0 spiro atoms. The summed E-state index contributed by atoms with van der Waals surface area (Å²) in [5, 5.41) is 3.42. The molecule has 5 nitrogen and oxygen atoms in total. The van der Waals surface area contributed by atoms with Gasteiger partial charge in [-0.05, 0) is 55.2 Å². The van der Waals surface area contributed by atoms with Crippen LogP contribution < -0.4 is 5.32 Å². The second kappa shape index (κ2) is 9.79. The Bertz CT molecular complexity index is 923. The fourth-order valence-corrected chi connectivity index (χ4v) is 4.93. The lowest BCUT2D eigenvalue weighted by Crippen LogP contribution is -2.57. The van der Waals surface area contributed by atoms with Gasteiger partial charge >= 0.3 is 0 Å². The minimum atomic E-state index is -0.329. The third-order valence-electron chi connectivity index (χ3n) is 6.33. The molecule has 164 valence electrons. The van der Waals surface area contributed by atoms with Crippen LogP contribution in [0.5, 0.6) is 0 Å². The summed E-state index contributed by atoms with van der Waals surface area (Å²) in [6.45, 7) is 2.37. The number of hydrogen-bond donors (Lipinski definition) is 1. The minimum Gasteiger partial charge on any atom is -0.336 e. The first-order valence-electron chi connectivity index (χ1n) is 10.9. The number of carbonyl (C=O) groups is 2. The highest BCUT2D eigenvalue weighted by molar-refractivity contribution is 6.33. The second-order valence-corrected chi connectivity index (χ2v) is 8.70. The Balaban J connectivity index is 1.43. The Kier molecular flexibility index (Phi) is 6.88. The largest absolute Gasteiger partial charge is 0.336 e. The predicted molar refractivity (Wildman–Crippen MR) is 120 cm³/mol. The average molecular weight is 444 g/mol. The van der Waals surface area contributed by atoms with Gasteiger partial charge in [0.1, 0.15) is 5.82 Å². The van der Waals surface area contributed by atoms with Gasteiger partial charge in [0.25, 0.3) is 5.91 Å². The van der Waals surface area contributed by atoms with Gasteiger partial charge < -0.3 is 10.2 Å². The molecule has 1 heterocycles. The molecule has 1 unspecified atom stereocenters. The maximum Gasteiger partial charge on any atom is 0.255 e. The zero-order valence-electron chi connectivity index (χ0n) is 17.4. The van der Waals surface area contributed by atoms with Crippen molar-refractivity contribution in [3.05, 3.63) is 64.9 Å². The van der Waals surface area contributed by atoms with Crippen LogP contribution in [-0.4, -0.2) is 53.8 Å². The maximum atomic E-state index is 13.2. The molecular weight excluding hydrogens is 417 g/mol. The zero-order valence-corrected chi connectivity index (χ0v) is 18.2. The van der Waals surface area contributed by atoms with Gasteiger partial charge in [0.2, 0.25) is 5.91 Å². The van der Waals surface area contributed by atoms with Crippen LogP contribution in [0.15, 0.2) is 48.5 Å². The van der Waals surface area contributed by atoms with Crippen LogP contribution in [0.2, 0.25) is 5.02 Å². The third kappa shape index (κ3) is 5.08. The Labute approximate surface area is 187 Å². The average Bonchev–Trinajstić information content (AvgIpc) is 3.30. The van der Waals surface area contributed by atoms with Gasteiger partial charge in [-0.25, -0.2) is 4.39 Å². The van der Waals surface area contributed by atoms with Crippen LogP contribution in [0.25, 0.3) is 0 Å². The number of carbonyl (C=O) groups excluding carboxylic acids is 2. The summed E-state index contributed by atoms with van der Waals surface area (Å²) in [5.74, 6) is -0.154.